The second kappa shape index (κ2) is 6.31. The SMILES string of the molecule is [CH2]CCCCCc1c(Cl)cccc1Cl. The van der Waals surface area contributed by atoms with Crippen LogP contribution >= 0.6 is 23.2 Å². The molecule has 14 heavy (non-hydrogen) atoms. The van der Waals surface area contributed by atoms with E-state index in [1.807, 2.05) is 18.2 Å². The summed E-state index contributed by atoms with van der Waals surface area (Å²) in [6, 6.07) is 5.67. The van der Waals surface area contributed by atoms with Crippen LogP contribution < -0.4 is 0 Å². The van der Waals surface area contributed by atoms with Crippen molar-refractivity contribution in [1.82, 2.24) is 0 Å². The van der Waals surface area contributed by atoms with Crippen molar-refractivity contribution in [3.05, 3.63) is 40.7 Å². The van der Waals surface area contributed by atoms with Gasteiger partial charge in [0.15, 0.2) is 0 Å². The molecule has 1 aromatic rings. The van der Waals surface area contributed by atoms with Crippen LogP contribution in [0.3, 0.4) is 0 Å². The molecule has 1 radical (unpaired) electrons. The van der Waals surface area contributed by atoms with Gasteiger partial charge in [-0.25, -0.2) is 0 Å². The van der Waals surface area contributed by atoms with Gasteiger partial charge in [0.1, 0.15) is 0 Å². The molecule has 0 amide bonds. The predicted octanol–water partition coefficient (Wildman–Crippen LogP) is 4.93. The molecule has 0 atom stereocenters. The number of halogens is 2. The highest BCUT2D eigenvalue weighted by Gasteiger charge is 2.04. The zero-order valence-electron chi connectivity index (χ0n) is 8.23. The van der Waals surface area contributed by atoms with Crippen LogP contribution in [0.25, 0.3) is 0 Å². The van der Waals surface area contributed by atoms with Crippen LogP contribution in [-0.4, -0.2) is 0 Å². The average Bonchev–Trinajstić information content (AvgIpc) is 2.16. The molecule has 0 nitrogen and oxygen atoms in total. The van der Waals surface area contributed by atoms with E-state index >= 15 is 0 Å². The Balaban J connectivity index is 2.49. The molecule has 0 aliphatic heterocycles. The number of rotatable bonds is 5. The summed E-state index contributed by atoms with van der Waals surface area (Å²) in [7, 11) is 0. The highest BCUT2D eigenvalue weighted by atomic mass is 35.5. The molecule has 0 saturated carbocycles. The van der Waals surface area contributed by atoms with Crippen LogP contribution in [0.2, 0.25) is 10.0 Å². The van der Waals surface area contributed by atoms with E-state index in [0.717, 1.165) is 34.9 Å². The van der Waals surface area contributed by atoms with Gasteiger partial charge >= 0.3 is 0 Å². The van der Waals surface area contributed by atoms with Crippen LogP contribution in [0.5, 0.6) is 0 Å². The monoisotopic (exact) mass is 229 g/mol. The third-order valence-corrected chi connectivity index (χ3v) is 2.95. The normalized spacial score (nSPS) is 10.5. The molecule has 0 heterocycles. The van der Waals surface area contributed by atoms with Crippen molar-refractivity contribution in [2.24, 2.45) is 0 Å². The van der Waals surface area contributed by atoms with Gasteiger partial charge in [0.05, 0.1) is 0 Å². The highest BCUT2D eigenvalue weighted by Crippen LogP contribution is 2.25. The maximum absolute atomic E-state index is 6.05. The van der Waals surface area contributed by atoms with E-state index in [2.05, 4.69) is 6.92 Å². The van der Waals surface area contributed by atoms with Crippen molar-refractivity contribution < 1.29 is 0 Å². The zero-order valence-corrected chi connectivity index (χ0v) is 9.74. The predicted molar refractivity (Wildman–Crippen MR) is 64.0 cm³/mol. The van der Waals surface area contributed by atoms with E-state index in [9.17, 15) is 0 Å². The minimum atomic E-state index is 0.784. The van der Waals surface area contributed by atoms with Gasteiger partial charge < -0.3 is 0 Å². The van der Waals surface area contributed by atoms with Gasteiger partial charge in [-0.15, -0.1) is 0 Å². The van der Waals surface area contributed by atoms with E-state index in [-0.39, 0.29) is 0 Å². The van der Waals surface area contributed by atoms with Crippen molar-refractivity contribution in [2.75, 3.05) is 0 Å². The van der Waals surface area contributed by atoms with Crippen molar-refractivity contribution in [2.45, 2.75) is 32.1 Å². The fourth-order valence-electron chi connectivity index (χ4n) is 1.43. The Morgan fingerprint density at radius 3 is 2.21 bits per heavy atom. The van der Waals surface area contributed by atoms with Gasteiger partial charge in [0, 0.05) is 10.0 Å². The summed E-state index contributed by atoms with van der Waals surface area (Å²) in [5.41, 5.74) is 1.08. The third kappa shape index (κ3) is 3.51. The third-order valence-electron chi connectivity index (χ3n) is 2.24. The fourth-order valence-corrected chi connectivity index (χ4v) is 2.01. The Morgan fingerprint density at radius 1 is 1.00 bits per heavy atom. The quantitative estimate of drug-likeness (QED) is 0.629. The first-order valence-corrected chi connectivity index (χ1v) is 5.73. The molecule has 0 aromatic heterocycles. The number of hydrogen-bond donors (Lipinski definition) is 0. The minimum Gasteiger partial charge on any atom is -0.0840 e. The standard InChI is InChI=1S/C12H15Cl2/c1-2-3-4-5-7-10-11(13)8-6-9-12(10)14/h6,8-9H,1-5,7H2. The Bertz CT molecular complexity index is 261. The molecule has 1 aromatic carbocycles. The summed E-state index contributed by atoms with van der Waals surface area (Å²) in [4.78, 5) is 0. The van der Waals surface area contributed by atoms with Gasteiger partial charge in [-0.05, 0) is 30.5 Å². The van der Waals surface area contributed by atoms with E-state index < -0.39 is 0 Å². The van der Waals surface area contributed by atoms with Gasteiger partial charge in [-0.1, -0.05) is 55.5 Å². The molecule has 0 aliphatic carbocycles. The molecule has 77 valence electrons. The summed E-state index contributed by atoms with van der Waals surface area (Å²) >= 11 is 12.1. The first-order chi connectivity index (χ1) is 6.75. The summed E-state index contributed by atoms with van der Waals surface area (Å²) in [5.74, 6) is 0. The van der Waals surface area contributed by atoms with Crippen LogP contribution in [-0.2, 0) is 6.42 Å². The molecule has 0 unspecified atom stereocenters. The molecular weight excluding hydrogens is 215 g/mol. The summed E-state index contributed by atoms with van der Waals surface area (Å²) < 4.78 is 0. The molecule has 0 saturated heterocycles. The number of unbranched alkanes of at least 4 members (excludes halogenated alkanes) is 3. The second-order valence-corrected chi connectivity index (χ2v) is 4.18. The number of hydrogen-bond acceptors (Lipinski definition) is 0. The Morgan fingerprint density at radius 2 is 1.64 bits per heavy atom. The molecule has 0 fully saturated rings. The molecule has 0 aliphatic rings. The lowest BCUT2D eigenvalue weighted by Gasteiger charge is -2.05. The van der Waals surface area contributed by atoms with Crippen LogP contribution in [0.1, 0.15) is 31.2 Å². The van der Waals surface area contributed by atoms with Gasteiger partial charge in [0.25, 0.3) is 0 Å². The molecular formula is C12H15Cl2. The van der Waals surface area contributed by atoms with E-state index in [1.54, 1.807) is 0 Å². The van der Waals surface area contributed by atoms with E-state index in [1.165, 1.54) is 12.8 Å². The first kappa shape index (κ1) is 11.9. The Labute approximate surface area is 96.2 Å². The maximum Gasteiger partial charge on any atom is 0.0452 e. The zero-order chi connectivity index (χ0) is 10.4. The van der Waals surface area contributed by atoms with Crippen molar-refractivity contribution >= 4 is 23.2 Å². The topological polar surface area (TPSA) is 0 Å². The van der Waals surface area contributed by atoms with Crippen molar-refractivity contribution in [1.29, 1.82) is 0 Å². The van der Waals surface area contributed by atoms with Crippen molar-refractivity contribution in [3.8, 4) is 0 Å². The van der Waals surface area contributed by atoms with Crippen LogP contribution in [0, 0.1) is 6.92 Å². The lowest BCUT2D eigenvalue weighted by atomic mass is 10.1. The van der Waals surface area contributed by atoms with Gasteiger partial charge in [-0.2, -0.15) is 0 Å². The fraction of sp³-hybridized carbons (Fsp3) is 0.417. The minimum absolute atomic E-state index is 0.784. The maximum atomic E-state index is 6.05. The van der Waals surface area contributed by atoms with E-state index in [0.29, 0.717) is 0 Å². The Hall–Kier alpha value is -0.200. The molecule has 0 N–H and O–H groups in total. The summed E-state index contributed by atoms with van der Waals surface area (Å²) in [6.45, 7) is 3.81. The highest BCUT2D eigenvalue weighted by molar-refractivity contribution is 6.35. The second-order valence-electron chi connectivity index (χ2n) is 3.36. The lowest BCUT2D eigenvalue weighted by molar-refractivity contribution is 0.686. The van der Waals surface area contributed by atoms with Crippen LogP contribution in [0.4, 0.5) is 0 Å². The Kier molecular flexibility index (Phi) is 5.36. The molecule has 1 rings (SSSR count). The average molecular weight is 230 g/mol. The lowest BCUT2D eigenvalue weighted by Crippen LogP contribution is -1.88. The summed E-state index contributed by atoms with van der Waals surface area (Å²) in [5, 5.41) is 1.57. The van der Waals surface area contributed by atoms with Gasteiger partial charge in [0.2, 0.25) is 0 Å². The summed E-state index contributed by atoms with van der Waals surface area (Å²) in [6.07, 6.45) is 5.50. The smallest absolute Gasteiger partial charge is 0.0452 e. The van der Waals surface area contributed by atoms with E-state index in [4.69, 9.17) is 23.2 Å². The van der Waals surface area contributed by atoms with Crippen molar-refractivity contribution in [3.63, 3.8) is 0 Å². The molecule has 0 spiro atoms. The molecule has 0 bridgehead atoms. The van der Waals surface area contributed by atoms with Gasteiger partial charge in [-0.3, -0.25) is 0 Å². The largest absolute Gasteiger partial charge is 0.0840 e. The van der Waals surface area contributed by atoms with Crippen LogP contribution in [0.15, 0.2) is 18.2 Å². The molecule has 2 heteroatoms. The number of benzene rings is 1. The first-order valence-electron chi connectivity index (χ1n) is 4.98.